The number of halogens is 5. The van der Waals surface area contributed by atoms with Crippen molar-refractivity contribution in [2.75, 3.05) is 11.9 Å². The van der Waals surface area contributed by atoms with Crippen molar-refractivity contribution in [2.45, 2.75) is 18.8 Å². The van der Waals surface area contributed by atoms with E-state index >= 15 is 0 Å². The number of nitrogens with zero attached hydrogens (tertiary/aromatic N) is 2. The molecule has 24 heavy (non-hydrogen) atoms. The first-order valence-corrected chi connectivity index (χ1v) is 9.36. The maximum atomic E-state index is 12.0. The van der Waals surface area contributed by atoms with Crippen LogP contribution in [0.25, 0.3) is 0 Å². The number of benzene rings is 1. The molecule has 0 saturated heterocycles. The van der Waals surface area contributed by atoms with E-state index in [4.69, 9.17) is 62.7 Å². The Hall–Kier alpha value is -0.500. The monoisotopic (exact) mass is 445 g/mol. The van der Waals surface area contributed by atoms with E-state index in [0.717, 1.165) is 17.8 Å². The highest BCUT2D eigenvalue weighted by Crippen LogP contribution is 2.48. The lowest BCUT2D eigenvalue weighted by atomic mass is 10.3. The van der Waals surface area contributed by atoms with Gasteiger partial charge >= 0.3 is 0 Å². The number of anilines is 1. The molecule has 0 unspecified atom stereocenters. The molecule has 0 atom stereocenters. The van der Waals surface area contributed by atoms with Crippen LogP contribution in [0, 0.1) is 0 Å². The first kappa shape index (κ1) is 18.3. The summed E-state index contributed by atoms with van der Waals surface area (Å²) in [5.41, 5.74) is 0. The summed E-state index contributed by atoms with van der Waals surface area (Å²) in [6.07, 6.45) is 2.22. The first-order chi connectivity index (χ1) is 11.4. The molecule has 1 amide bonds. The van der Waals surface area contributed by atoms with Gasteiger partial charge in [0, 0.05) is 5.92 Å². The molecule has 11 heteroatoms. The molecule has 128 valence electrons. The minimum Gasteiger partial charge on any atom is -0.481 e. The Bertz CT molecular complexity index is 780. The van der Waals surface area contributed by atoms with Crippen LogP contribution in [-0.4, -0.2) is 22.7 Å². The lowest BCUT2D eigenvalue weighted by Crippen LogP contribution is -2.20. The van der Waals surface area contributed by atoms with E-state index in [1.165, 1.54) is 11.3 Å². The summed E-state index contributed by atoms with van der Waals surface area (Å²) in [4.78, 5) is 12.0. The van der Waals surface area contributed by atoms with Crippen molar-refractivity contribution >= 4 is 80.4 Å². The molecule has 3 rings (SSSR count). The third kappa shape index (κ3) is 3.84. The van der Waals surface area contributed by atoms with Gasteiger partial charge in [0.05, 0.1) is 15.1 Å². The molecular weight excluding hydrogens is 439 g/mol. The van der Waals surface area contributed by atoms with Crippen LogP contribution in [0.1, 0.15) is 23.8 Å². The molecule has 2 aromatic rings. The van der Waals surface area contributed by atoms with E-state index in [1.807, 2.05) is 0 Å². The number of rotatable bonds is 5. The van der Waals surface area contributed by atoms with Gasteiger partial charge in [-0.3, -0.25) is 10.1 Å². The summed E-state index contributed by atoms with van der Waals surface area (Å²) >= 11 is 31.2. The predicted molar refractivity (Wildman–Crippen MR) is 97.5 cm³/mol. The van der Waals surface area contributed by atoms with Gasteiger partial charge in [0.1, 0.15) is 15.1 Å². The van der Waals surface area contributed by atoms with Crippen LogP contribution < -0.4 is 10.1 Å². The lowest BCUT2D eigenvalue weighted by molar-refractivity contribution is -0.118. The van der Waals surface area contributed by atoms with Gasteiger partial charge in [-0.05, 0) is 12.8 Å². The fourth-order valence-electron chi connectivity index (χ4n) is 1.78. The maximum Gasteiger partial charge on any atom is 0.264 e. The fraction of sp³-hybridized carbons (Fsp3) is 0.308. The average molecular weight is 448 g/mol. The van der Waals surface area contributed by atoms with Crippen LogP contribution >= 0.6 is 69.3 Å². The molecule has 0 radical (unpaired) electrons. The van der Waals surface area contributed by atoms with Crippen LogP contribution in [0.4, 0.5) is 5.13 Å². The largest absolute Gasteiger partial charge is 0.481 e. The summed E-state index contributed by atoms with van der Waals surface area (Å²) in [7, 11) is 0. The third-order valence-corrected chi connectivity index (χ3v) is 6.37. The number of hydrogen-bond donors (Lipinski definition) is 1. The summed E-state index contributed by atoms with van der Waals surface area (Å²) in [5, 5.41) is 11.9. The van der Waals surface area contributed by atoms with Crippen LogP contribution in [0.3, 0.4) is 0 Å². The molecule has 0 spiro atoms. The number of hydrogen-bond acceptors (Lipinski definition) is 5. The van der Waals surface area contributed by atoms with Crippen molar-refractivity contribution in [3.05, 3.63) is 30.1 Å². The molecule has 0 aliphatic heterocycles. The summed E-state index contributed by atoms with van der Waals surface area (Å²) in [6.45, 7) is -0.355. The minimum absolute atomic E-state index is 0.00124. The first-order valence-electron chi connectivity index (χ1n) is 6.66. The summed E-state index contributed by atoms with van der Waals surface area (Å²) in [5.74, 6) is 0.0204. The summed E-state index contributed by atoms with van der Waals surface area (Å²) in [6, 6.07) is 0. The topological polar surface area (TPSA) is 64.1 Å². The zero-order valence-electron chi connectivity index (χ0n) is 11.7. The van der Waals surface area contributed by atoms with Crippen molar-refractivity contribution in [1.29, 1.82) is 0 Å². The smallest absolute Gasteiger partial charge is 0.264 e. The van der Waals surface area contributed by atoms with Gasteiger partial charge in [0.2, 0.25) is 5.13 Å². The summed E-state index contributed by atoms with van der Waals surface area (Å²) < 4.78 is 5.34. The molecular formula is C13H8Cl5N3O2S. The van der Waals surface area contributed by atoms with Crippen molar-refractivity contribution in [2.24, 2.45) is 0 Å². The standard InChI is InChI=1S/C13H8Cl5N3O2S/c14-6-7(15)9(17)11(10(18)8(6)16)23-3-5(22)19-13-21-20-12(24-13)4-1-2-4/h4H,1-3H2,(H,19,21,22). The van der Waals surface area contributed by atoms with Crippen molar-refractivity contribution < 1.29 is 9.53 Å². The normalized spacial score (nSPS) is 13.9. The SMILES string of the molecule is O=C(COc1c(Cl)c(Cl)c(Cl)c(Cl)c1Cl)Nc1nnc(C2CC2)s1. The Labute approximate surface area is 166 Å². The Balaban J connectivity index is 1.65. The minimum atomic E-state index is -0.442. The number of carbonyl (C=O) groups excluding carboxylic acids is 1. The second kappa shape index (κ2) is 7.40. The van der Waals surface area contributed by atoms with Gasteiger partial charge in [-0.15, -0.1) is 10.2 Å². The molecule has 1 fully saturated rings. The van der Waals surface area contributed by atoms with E-state index in [1.54, 1.807) is 0 Å². The zero-order valence-corrected chi connectivity index (χ0v) is 16.3. The molecule has 5 nitrogen and oxygen atoms in total. The van der Waals surface area contributed by atoms with Crippen LogP contribution in [0.15, 0.2) is 0 Å². The second-order valence-electron chi connectivity index (χ2n) is 4.96. The molecule has 1 aliphatic carbocycles. The van der Waals surface area contributed by atoms with E-state index < -0.39 is 5.91 Å². The Kier molecular flexibility index (Phi) is 5.64. The maximum absolute atomic E-state index is 12.0. The van der Waals surface area contributed by atoms with Gasteiger partial charge in [-0.2, -0.15) is 0 Å². The molecule has 1 aromatic heterocycles. The van der Waals surface area contributed by atoms with Gasteiger partial charge in [-0.25, -0.2) is 0 Å². The lowest BCUT2D eigenvalue weighted by Gasteiger charge is -2.13. The van der Waals surface area contributed by atoms with Crippen molar-refractivity contribution in [3.63, 3.8) is 0 Å². The quantitative estimate of drug-likeness (QED) is 0.472. The Morgan fingerprint density at radius 1 is 1.04 bits per heavy atom. The highest BCUT2D eigenvalue weighted by atomic mass is 35.5. The molecule has 1 heterocycles. The predicted octanol–water partition coefficient (Wildman–Crippen LogP) is 5.70. The molecule has 1 aromatic carbocycles. The molecule has 1 N–H and O–H groups in total. The molecule has 0 bridgehead atoms. The molecule has 1 saturated carbocycles. The van der Waals surface area contributed by atoms with E-state index in [-0.39, 0.29) is 37.5 Å². The highest BCUT2D eigenvalue weighted by Gasteiger charge is 2.28. The van der Waals surface area contributed by atoms with Crippen molar-refractivity contribution in [1.82, 2.24) is 10.2 Å². The van der Waals surface area contributed by atoms with Crippen LogP contribution in [0.5, 0.6) is 5.75 Å². The van der Waals surface area contributed by atoms with Gasteiger partial charge in [0.25, 0.3) is 5.91 Å². The number of nitrogens with one attached hydrogen (secondary N) is 1. The van der Waals surface area contributed by atoms with Crippen LogP contribution in [0.2, 0.25) is 25.1 Å². The van der Waals surface area contributed by atoms with Gasteiger partial charge in [-0.1, -0.05) is 69.3 Å². The number of amides is 1. The fourth-order valence-corrected chi connectivity index (χ4v) is 3.94. The number of carbonyl (C=O) groups is 1. The van der Waals surface area contributed by atoms with Crippen molar-refractivity contribution in [3.8, 4) is 5.75 Å². The molecule has 1 aliphatic rings. The van der Waals surface area contributed by atoms with E-state index in [9.17, 15) is 4.79 Å². The second-order valence-corrected chi connectivity index (χ2v) is 7.85. The Morgan fingerprint density at radius 2 is 1.62 bits per heavy atom. The number of ether oxygens (including phenoxy) is 1. The highest BCUT2D eigenvalue weighted by molar-refractivity contribution is 7.15. The number of aromatic nitrogens is 2. The Morgan fingerprint density at radius 3 is 2.21 bits per heavy atom. The third-order valence-electron chi connectivity index (χ3n) is 3.13. The van der Waals surface area contributed by atoms with Gasteiger partial charge in [0.15, 0.2) is 12.4 Å². The van der Waals surface area contributed by atoms with Crippen LogP contribution in [-0.2, 0) is 4.79 Å². The zero-order chi connectivity index (χ0) is 17.4. The van der Waals surface area contributed by atoms with E-state index in [2.05, 4.69) is 15.5 Å². The van der Waals surface area contributed by atoms with Gasteiger partial charge < -0.3 is 4.74 Å². The van der Waals surface area contributed by atoms with E-state index in [0.29, 0.717) is 11.0 Å². The average Bonchev–Trinajstić information content (AvgIpc) is 3.31.